The predicted molar refractivity (Wildman–Crippen MR) is 93.9 cm³/mol. The van der Waals surface area contributed by atoms with Crippen molar-refractivity contribution in [2.75, 3.05) is 19.8 Å². The molecule has 0 radical (unpaired) electrons. The number of amides is 1. The van der Waals surface area contributed by atoms with Gasteiger partial charge in [0.2, 0.25) is 5.91 Å². The van der Waals surface area contributed by atoms with Crippen LogP contribution in [0, 0.1) is 11.8 Å². The number of benzene rings is 1. The summed E-state index contributed by atoms with van der Waals surface area (Å²) in [6, 6.07) is 6.02. The molecule has 0 spiro atoms. The van der Waals surface area contributed by atoms with E-state index in [9.17, 15) is 4.79 Å². The standard InChI is InChI=1S/C18H24N2O3.ClH/c1-18(10-19,12-3-4-12)20-17(21)14-9-13(14)11-2-5-15-16(8-11)23-7-6-22-15;/h2,5,8,12-14H,3-4,6-7,9-10,19H2,1H3,(H,20,21);1H. The summed E-state index contributed by atoms with van der Waals surface area (Å²) in [6.45, 7) is 3.76. The lowest BCUT2D eigenvalue weighted by atomic mass is 9.95. The van der Waals surface area contributed by atoms with E-state index in [1.54, 1.807) is 0 Å². The van der Waals surface area contributed by atoms with Crippen LogP contribution in [-0.2, 0) is 4.79 Å². The largest absolute Gasteiger partial charge is 0.486 e. The van der Waals surface area contributed by atoms with Crippen molar-refractivity contribution in [1.29, 1.82) is 0 Å². The van der Waals surface area contributed by atoms with E-state index in [0.29, 0.717) is 25.7 Å². The Morgan fingerprint density at radius 2 is 2.00 bits per heavy atom. The fourth-order valence-corrected chi connectivity index (χ4v) is 3.56. The fourth-order valence-electron chi connectivity index (χ4n) is 3.56. The van der Waals surface area contributed by atoms with Crippen molar-refractivity contribution in [3.05, 3.63) is 23.8 Å². The zero-order valence-electron chi connectivity index (χ0n) is 13.9. The van der Waals surface area contributed by atoms with Crippen molar-refractivity contribution in [3.8, 4) is 11.5 Å². The Morgan fingerprint density at radius 3 is 2.67 bits per heavy atom. The topological polar surface area (TPSA) is 73.6 Å². The maximum Gasteiger partial charge on any atom is 0.224 e. The highest BCUT2D eigenvalue weighted by molar-refractivity contribution is 5.85. The third-order valence-corrected chi connectivity index (χ3v) is 5.43. The Bertz CT molecular complexity index is 635. The molecule has 1 aromatic carbocycles. The SMILES string of the molecule is CC(CN)(NC(=O)C1CC1c1ccc2c(c1)OCCO2)C1CC1.Cl. The Morgan fingerprint density at radius 1 is 1.29 bits per heavy atom. The minimum absolute atomic E-state index is 0. The monoisotopic (exact) mass is 352 g/mol. The average Bonchev–Trinajstić information content (AvgIpc) is 3.46. The molecular weight excluding hydrogens is 328 g/mol. The van der Waals surface area contributed by atoms with Crippen molar-refractivity contribution in [2.24, 2.45) is 17.6 Å². The molecule has 1 aromatic rings. The molecule has 4 rings (SSSR count). The number of halogens is 1. The molecule has 5 nitrogen and oxygen atoms in total. The van der Waals surface area contributed by atoms with Crippen molar-refractivity contribution in [1.82, 2.24) is 5.32 Å². The first-order valence-corrected chi connectivity index (χ1v) is 8.52. The van der Waals surface area contributed by atoms with E-state index in [4.69, 9.17) is 15.2 Å². The average molecular weight is 353 g/mol. The summed E-state index contributed by atoms with van der Waals surface area (Å²) in [5.74, 6) is 2.62. The van der Waals surface area contributed by atoms with Gasteiger partial charge in [-0.15, -0.1) is 12.4 Å². The van der Waals surface area contributed by atoms with E-state index in [1.165, 1.54) is 12.8 Å². The van der Waals surface area contributed by atoms with Gasteiger partial charge in [0.05, 0.1) is 5.54 Å². The van der Waals surface area contributed by atoms with Crippen LogP contribution in [0.5, 0.6) is 11.5 Å². The number of carbonyl (C=O) groups is 1. The van der Waals surface area contributed by atoms with Gasteiger partial charge in [-0.1, -0.05) is 6.07 Å². The molecule has 2 fully saturated rings. The van der Waals surface area contributed by atoms with Crippen LogP contribution >= 0.6 is 12.4 Å². The van der Waals surface area contributed by atoms with Gasteiger partial charge in [0, 0.05) is 12.5 Å². The highest BCUT2D eigenvalue weighted by Gasteiger charge is 2.48. The molecule has 0 bridgehead atoms. The van der Waals surface area contributed by atoms with Crippen LogP contribution in [0.1, 0.15) is 37.7 Å². The van der Waals surface area contributed by atoms with Gasteiger partial charge >= 0.3 is 0 Å². The van der Waals surface area contributed by atoms with Gasteiger partial charge in [-0.05, 0) is 55.7 Å². The summed E-state index contributed by atoms with van der Waals surface area (Å²) in [5, 5.41) is 3.21. The van der Waals surface area contributed by atoms with Crippen LogP contribution < -0.4 is 20.5 Å². The van der Waals surface area contributed by atoms with Crippen LogP contribution in [0.2, 0.25) is 0 Å². The zero-order chi connectivity index (χ0) is 16.0. The van der Waals surface area contributed by atoms with Gasteiger partial charge < -0.3 is 20.5 Å². The molecule has 0 saturated heterocycles. The van der Waals surface area contributed by atoms with Crippen LogP contribution in [0.15, 0.2) is 18.2 Å². The zero-order valence-corrected chi connectivity index (χ0v) is 14.7. The number of hydrogen-bond donors (Lipinski definition) is 2. The highest BCUT2D eigenvalue weighted by Crippen LogP contribution is 2.50. The van der Waals surface area contributed by atoms with Gasteiger partial charge in [-0.2, -0.15) is 0 Å². The van der Waals surface area contributed by atoms with E-state index in [2.05, 4.69) is 18.3 Å². The van der Waals surface area contributed by atoms with E-state index in [1.807, 2.05) is 12.1 Å². The summed E-state index contributed by atoms with van der Waals surface area (Å²) in [5.41, 5.74) is 6.82. The minimum atomic E-state index is -0.239. The molecule has 2 aliphatic carbocycles. The van der Waals surface area contributed by atoms with Gasteiger partial charge in [0.1, 0.15) is 13.2 Å². The third-order valence-electron chi connectivity index (χ3n) is 5.43. The molecular formula is C18H25ClN2O3. The molecule has 3 N–H and O–H groups in total. The Kier molecular flexibility index (Phi) is 4.67. The second-order valence-electron chi connectivity index (χ2n) is 7.24. The molecule has 3 aliphatic rings. The molecule has 1 heterocycles. The third kappa shape index (κ3) is 3.20. The van der Waals surface area contributed by atoms with Crippen LogP contribution in [-0.4, -0.2) is 31.2 Å². The fraction of sp³-hybridized carbons (Fsp3) is 0.611. The van der Waals surface area contributed by atoms with Gasteiger partial charge in [-0.25, -0.2) is 0 Å². The summed E-state index contributed by atoms with van der Waals surface area (Å²) >= 11 is 0. The molecule has 132 valence electrons. The molecule has 3 atom stereocenters. The van der Waals surface area contributed by atoms with Crippen LogP contribution in [0.25, 0.3) is 0 Å². The normalized spacial score (nSPS) is 26.8. The summed E-state index contributed by atoms with van der Waals surface area (Å²) in [4.78, 5) is 12.6. The van der Waals surface area contributed by atoms with Crippen molar-refractivity contribution < 1.29 is 14.3 Å². The molecule has 3 unspecified atom stereocenters. The van der Waals surface area contributed by atoms with Gasteiger partial charge in [-0.3, -0.25) is 4.79 Å². The maximum absolute atomic E-state index is 12.6. The minimum Gasteiger partial charge on any atom is -0.486 e. The molecule has 0 aromatic heterocycles. The molecule has 24 heavy (non-hydrogen) atoms. The summed E-state index contributed by atoms with van der Waals surface area (Å²) in [7, 11) is 0. The smallest absolute Gasteiger partial charge is 0.224 e. The first-order chi connectivity index (χ1) is 11.1. The second kappa shape index (κ2) is 6.45. The summed E-state index contributed by atoms with van der Waals surface area (Å²) < 4.78 is 11.2. The number of nitrogens with one attached hydrogen (secondary N) is 1. The Labute approximate surface area is 148 Å². The van der Waals surface area contributed by atoms with Crippen molar-refractivity contribution in [2.45, 2.75) is 37.6 Å². The quantitative estimate of drug-likeness (QED) is 0.852. The first kappa shape index (κ1) is 17.4. The van der Waals surface area contributed by atoms with Gasteiger partial charge in [0.25, 0.3) is 0 Å². The number of carbonyl (C=O) groups excluding carboxylic acids is 1. The molecule has 2 saturated carbocycles. The highest BCUT2D eigenvalue weighted by atomic mass is 35.5. The van der Waals surface area contributed by atoms with E-state index < -0.39 is 0 Å². The molecule has 1 aliphatic heterocycles. The van der Waals surface area contributed by atoms with E-state index >= 15 is 0 Å². The van der Waals surface area contributed by atoms with Crippen molar-refractivity contribution >= 4 is 18.3 Å². The number of hydrogen-bond acceptors (Lipinski definition) is 4. The van der Waals surface area contributed by atoms with E-state index in [-0.39, 0.29) is 35.7 Å². The van der Waals surface area contributed by atoms with Crippen LogP contribution in [0.4, 0.5) is 0 Å². The predicted octanol–water partition coefficient (Wildman–Crippen LogP) is 2.23. The lowest BCUT2D eigenvalue weighted by Crippen LogP contribution is -2.53. The molecule has 6 heteroatoms. The number of ether oxygens (including phenoxy) is 2. The Balaban J connectivity index is 0.00000169. The van der Waals surface area contributed by atoms with Gasteiger partial charge in [0.15, 0.2) is 11.5 Å². The number of fused-ring (bicyclic) bond motifs is 1. The summed E-state index contributed by atoms with van der Waals surface area (Å²) in [6.07, 6.45) is 3.24. The second-order valence-corrected chi connectivity index (χ2v) is 7.24. The maximum atomic E-state index is 12.6. The lowest BCUT2D eigenvalue weighted by molar-refractivity contribution is -0.124. The first-order valence-electron chi connectivity index (χ1n) is 8.52. The lowest BCUT2D eigenvalue weighted by Gasteiger charge is -2.29. The van der Waals surface area contributed by atoms with Crippen LogP contribution in [0.3, 0.4) is 0 Å². The number of nitrogens with two attached hydrogens (primary N) is 1. The number of rotatable bonds is 5. The Hall–Kier alpha value is -1.46. The van der Waals surface area contributed by atoms with Crippen molar-refractivity contribution in [3.63, 3.8) is 0 Å². The molecule has 1 amide bonds. The van der Waals surface area contributed by atoms with E-state index in [0.717, 1.165) is 23.5 Å².